The highest BCUT2D eigenvalue weighted by atomic mass is 14.4. The predicted octanol–water partition coefficient (Wildman–Crippen LogP) is 6.40. The Balaban J connectivity index is 1.93. The van der Waals surface area contributed by atoms with Crippen molar-refractivity contribution in [3.05, 3.63) is 11.6 Å². The van der Waals surface area contributed by atoms with E-state index in [1.165, 1.54) is 69.8 Å². The minimum atomic E-state index is -0.0834. The quantitative estimate of drug-likeness (QED) is 0.518. The summed E-state index contributed by atoms with van der Waals surface area (Å²) in [6, 6.07) is 2.74. The first-order valence-electron chi connectivity index (χ1n) is 9.34. The molecule has 2 aliphatic carbocycles. The first-order chi connectivity index (χ1) is 10.2. The molecule has 0 amide bonds. The Kier molecular flexibility index (Phi) is 6.34. The number of unbranched alkanes of at least 4 members (excludes halogenated alkanes) is 1. The average molecular weight is 287 g/mol. The van der Waals surface area contributed by atoms with Gasteiger partial charge in [-0.15, -0.1) is 0 Å². The minimum Gasteiger partial charge on any atom is -0.197 e. The zero-order chi connectivity index (χ0) is 15.1. The maximum Gasteiger partial charge on any atom is 0.0782 e. The smallest absolute Gasteiger partial charge is 0.0782 e. The van der Waals surface area contributed by atoms with Crippen molar-refractivity contribution in [2.45, 2.75) is 90.9 Å². The van der Waals surface area contributed by atoms with Crippen LogP contribution < -0.4 is 0 Å². The number of allylic oxidation sites excluding steroid dienone is 2. The molecular formula is C20H33N. The van der Waals surface area contributed by atoms with E-state index in [-0.39, 0.29) is 5.41 Å². The van der Waals surface area contributed by atoms with Gasteiger partial charge in [-0.3, -0.25) is 0 Å². The Morgan fingerprint density at radius 2 is 1.86 bits per heavy atom. The maximum atomic E-state index is 9.83. The second kappa shape index (κ2) is 8.02. The van der Waals surface area contributed by atoms with Crippen molar-refractivity contribution >= 4 is 0 Å². The fraction of sp³-hybridized carbons (Fsp3) is 0.850. The van der Waals surface area contributed by atoms with Crippen LogP contribution in [0.15, 0.2) is 11.6 Å². The summed E-state index contributed by atoms with van der Waals surface area (Å²) in [4.78, 5) is 0. The Labute approximate surface area is 131 Å². The van der Waals surface area contributed by atoms with E-state index in [9.17, 15) is 5.26 Å². The molecule has 21 heavy (non-hydrogen) atoms. The summed E-state index contributed by atoms with van der Waals surface area (Å²) in [5.41, 5.74) is 1.42. The first kappa shape index (κ1) is 16.6. The highest BCUT2D eigenvalue weighted by molar-refractivity contribution is 5.26. The van der Waals surface area contributed by atoms with Gasteiger partial charge in [0, 0.05) is 0 Å². The molecule has 0 spiro atoms. The molecule has 2 aliphatic rings. The summed E-state index contributed by atoms with van der Waals surface area (Å²) in [6.07, 6.45) is 17.7. The molecular weight excluding hydrogens is 254 g/mol. The van der Waals surface area contributed by atoms with Crippen LogP contribution in [0.5, 0.6) is 0 Å². The van der Waals surface area contributed by atoms with Gasteiger partial charge in [-0.2, -0.15) is 5.26 Å². The van der Waals surface area contributed by atoms with Crippen LogP contribution in [0.2, 0.25) is 0 Å². The molecule has 1 fully saturated rings. The minimum absolute atomic E-state index is 0.0834. The van der Waals surface area contributed by atoms with Crippen LogP contribution in [0.4, 0.5) is 0 Å². The summed E-state index contributed by atoms with van der Waals surface area (Å²) in [5.74, 6) is 1.78. The largest absolute Gasteiger partial charge is 0.197 e. The zero-order valence-electron chi connectivity index (χ0n) is 14.2. The second-order valence-corrected chi connectivity index (χ2v) is 7.44. The molecule has 0 aliphatic heterocycles. The SMILES string of the molecule is CCCCC1CCC(C#N)(C2=CC[C@H](CCC)CC2)CC1. The zero-order valence-corrected chi connectivity index (χ0v) is 14.2. The van der Waals surface area contributed by atoms with Crippen LogP contribution in [-0.2, 0) is 0 Å². The standard InChI is InChI=1S/C20H33N/c1-3-5-7-18-12-14-20(16-21,15-13-18)19-10-8-17(6-4-2)9-11-19/h10,17-18H,3-9,11-15H2,1-2H3/t17-,18?,20?/m0/s1. The van der Waals surface area contributed by atoms with Crippen molar-refractivity contribution in [2.75, 3.05) is 0 Å². The number of nitrogens with zero attached hydrogens (tertiary/aromatic N) is 1. The van der Waals surface area contributed by atoms with Crippen LogP contribution in [0.3, 0.4) is 0 Å². The third-order valence-corrected chi connectivity index (χ3v) is 5.97. The molecule has 118 valence electrons. The summed E-state index contributed by atoms with van der Waals surface area (Å²) < 4.78 is 0. The van der Waals surface area contributed by atoms with Gasteiger partial charge in [-0.05, 0) is 56.8 Å². The Morgan fingerprint density at radius 3 is 2.38 bits per heavy atom. The van der Waals surface area contributed by atoms with Crippen LogP contribution >= 0.6 is 0 Å². The van der Waals surface area contributed by atoms with E-state index in [4.69, 9.17) is 0 Å². The van der Waals surface area contributed by atoms with Gasteiger partial charge in [0.1, 0.15) is 0 Å². The second-order valence-electron chi connectivity index (χ2n) is 7.44. The average Bonchev–Trinajstić information content (AvgIpc) is 2.54. The lowest BCUT2D eigenvalue weighted by atomic mass is 9.64. The molecule has 0 heterocycles. The van der Waals surface area contributed by atoms with Crippen molar-refractivity contribution in [3.63, 3.8) is 0 Å². The van der Waals surface area contributed by atoms with Gasteiger partial charge >= 0.3 is 0 Å². The van der Waals surface area contributed by atoms with Crippen molar-refractivity contribution in [1.29, 1.82) is 5.26 Å². The molecule has 2 rings (SSSR count). The van der Waals surface area contributed by atoms with Gasteiger partial charge in [0.2, 0.25) is 0 Å². The fourth-order valence-corrected chi connectivity index (χ4v) is 4.45. The maximum absolute atomic E-state index is 9.83. The number of hydrogen-bond acceptors (Lipinski definition) is 1. The van der Waals surface area contributed by atoms with Crippen LogP contribution in [0, 0.1) is 28.6 Å². The molecule has 1 saturated carbocycles. The van der Waals surface area contributed by atoms with E-state index in [2.05, 4.69) is 26.0 Å². The van der Waals surface area contributed by atoms with Crippen LogP contribution in [-0.4, -0.2) is 0 Å². The Bertz CT molecular complexity index is 379. The molecule has 0 aromatic heterocycles. The molecule has 0 saturated heterocycles. The number of hydrogen-bond donors (Lipinski definition) is 0. The highest BCUT2D eigenvalue weighted by Gasteiger charge is 2.39. The summed E-state index contributed by atoms with van der Waals surface area (Å²) in [5, 5.41) is 9.83. The van der Waals surface area contributed by atoms with Gasteiger partial charge in [0.05, 0.1) is 11.5 Å². The predicted molar refractivity (Wildman–Crippen MR) is 89.9 cm³/mol. The summed E-state index contributed by atoms with van der Waals surface area (Å²) >= 11 is 0. The third-order valence-electron chi connectivity index (χ3n) is 5.97. The van der Waals surface area contributed by atoms with Crippen LogP contribution in [0.1, 0.15) is 90.9 Å². The Hall–Kier alpha value is -0.770. The molecule has 1 atom stereocenters. The topological polar surface area (TPSA) is 23.8 Å². The van der Waals surface area contributed by atoms with Gasteiger partial charge in [-0.1, -0.05) is 57.6 Å². The monoisotopic (exact) mass is 287 g/mol. The van der Waals surface area contributed by atoms with Crippen molar-refractivity contribution in [3.8, 4) is 6.07 Å². The molecule has 0 N–H and O–H groups in total. The molecule has 0 aromatic carbocycles. The van der Waals surface area contributed by atoms with Crippen molar-refractivity contribution < 1.29 is 0 Å². The van der Waals surface area contributed by atoms with Crippen molar-refractivity contribution in [1.82, 2.24) is 0 Å². The first-order valence-corrected chi connectivity index (χ1v) is 9.34. The summed E-state index contributed by atoms with van der Waals surface area (Å²) in [6.45, 7) is 4.57. The summed E-state index contributed by atoms with van der Waals surface area (Å²) in [7, 11) is 0. The molecule has 1 heteroatoms. The molecule has 0 bridgehead atoms. The van der Waals surface area contributed by atoms with Gasteiger partial charge in [-0.25, -0.2) is 0 Å². The number of rotatable bonds is 6. The van der Waals surface area contributed by atoms with E-state index in [0.29, 0.717) is 0 Å². The lowest BCUT2D eigenvalue weighted by Gasteiger charge is -2.39. The highest BCUT2D eigenvalue weighted by Crippen LogP contribution is 2.48. The van der Waals surface area contributed by atoms with E-state index in [1.807, 2.05) is 0 Å². The van der Waals surface area contributed by atoms with E-state index in [1.54, 1.807) is 0 Å². The lowest BCUT2D eigenvalue weighted by Crippen LogP contribution is -2.29. The van der Waals surface area contributed by atoms with E-state index < -0.39 is 0 Å². The molecule has 1 nitrogen and oxygen atoms in total. The lowest BCUT2D eigenvalue weighted by molar-refractivity contribution is 0.222. The van der Waals surface area contributed by atoms with Crippen molar-refractivity contribution in [2.24, 2.45) is 17.3 Å². The number of nitriles is 1. The van der Waals surface area contributed by atoms with E-state index >= 15 is 0 Å². The molecule has 0 radical (unpaired) electrons. The van der Waals surface area contributed by atoms with Gasteiger partial charge in [0.25, 0.3) is 0 Å². The third kappa shape index (κ3) is 4.12. The molecule has 0 aromatic rings. The normalized spacial score (nSPS) is 33.3. The molecule has 0 unspecified atom stereocenters. The fourth-order valence-electron chi connectivity index (χ4n) is 4.45. The Morgan fingerprint density at radius 1 is 1.10 bits per heavy atom. The van der Waals surface area contributed by atoms with Crippen LogP contribution in [0.25, 0.3) is 0 Å². The van der Waals surface area contributed by atoms with Gasteiger partial charge in [0.15, 0.2) is 0 Å². The van der Waals surface area contributed by atoms with E-state index in [0.717, 1.165) is 24.7 Å². The van der Waals surface area contributed by atoms with Gasteiger partial charge < -0.3 is 0 Å².